The van der Waals surface area contributed by atoms with E-state index in [-0.39, 0.29) is 6.10 Å². The van der Waals surface area contributed by atoms with Crippen molar-refractivity contribution in [2.75, 3.05) is 6.61 Å². The molecule has 0 heterocycles. The molecule has 0 aromatic carbocycles. The van der Waals surface area contributed by atoms with Gasteiger partial charge in [0.2, 0.25) is 0 Å². The lowest BCUT2D eigenvalue weighted by Crippen LogP contribution is -2.05. The summed E-state index contributed by atoms with van der Waals surface area (Å²) in [5.74, 6) is 0. The Hall–Kier alpha value is -0.0800. The van der Waals surface area contributed by atoms with Crippen LogP contribution in [-0.2, 0) is 0 Å². The van der Waals surface area contributed by atoms with Crippen LogP contribution in [0.1, 0.15) is 109 Å². The van der Waals surface area contributed by atoms with Crippen molar-refractivity contribution in [3.63, 3.8) is 0 Å². The Morgan fingerprint density at radius 3 is 1.32 bits per heavy atom. The average molecular weight is 314 g/mol. The van der Waals surface area contributed by atoms with E-state index in [0.29, 0.717) is 6.61 Å². The second-order valence-electron chi connectivity index (χ2n) is 6.76. The molecule has 0 rings (SSSR count). The summed E-state index contributed by atoms with van der Waals surface area (Å²) >= 11 is 0. The molecule has 2 heteroatoms. The van der Waals surface area contributed by atoms with Crippen LogP contribution in [0.25, 0.3) is 0 Å². The minimum absolute atomic E-state index is 0.0654. The summed E-state index contributed by atoms with van der Waals surface area (Å²) in [6.07, 6.45) is 20.5. The third kappa shape index (κ3) is 18.0. The largest absolute Gasteiger partial charge is 0.396 e. The van der Waals surface area contributed by atoms with Gasteiger partial charge in [-0.2, -0.15) is 0 Å². The van der Waals surface area contributed by atoms with Gasteiger partial charge in [0.15, 0.2) is 0 Å². The van der Waals surface area contributed by atoms with Gasteiger partial charge in [-0.15, -0.1) is 0 Å². The molecule has 0 saturated heterocycles. The average Bonchev–Trinajstić information content (AvgIpc) is 2.52. The standard InChI is InChI=1S/C20H41O2/c1-2-3-4-5-8-11-14-17-20(22)18-15-12-9-6-7-10-13-16-19-21/h20-22H,1-19H2. The first kappa shape index (κ1) is 21.9. The summed E-state index contributed by atoms with van der Waals surface area (Å²) < 4.78 is 0. The first-order chi connectivity index (χ1) is 10.8. The molecule has 0 aliphatic rings. The van der Waals surface area contributed by atoms with Gasteiger partial charge >= 0.3 is 0 Å². The molecule has 1 radical (unpaired) electrons. The number of rotatable bonds is 18. The Morgan fingerprint density at radius 1 is 0.545 bits per heavy atom. The summed E-state index contributed by atoms with van der Waals surface area (Å²) in [5.41, 5.74) is 0. The van der Waals surface area contributed by atoms with Crippen molar-refractivity contribution in [3.05, 3.63) is 6.92 Å². The molecule has 0 spiro atoms. The van der Waals surface area contributed by atoms with E-state index in [1.165, 1.54) is 83.5 Å². The highest BCUT2D eigenvalue weighted by Crippen LogP contribution is 2.14. The van der Waals surface area contributed by atoms with E-state index in [4.69, 9.17) is 5.11 Å². The zero-order chi connectivity index (χ0) is 16.3. The first-order valence-electron chi connectivity index (χ1n) is 9.89. The number of aliphatic hydroxyl groups is 2. The van der Waals surface area contributed by atoms with E-state index in [0.717, 1.165) is 25.7 Å². The molecule has 0 amide bonds. The fourth-order valence-electron chi connectivity index (χ4n) is 2.96. The van der Waals surface area contributed by atoms with Crippen molar-refractivity contribution in [1.82, 2.24) is 0 Å². The molecule has 0 aromatic rings. The Morgan fingerprint density at radius 2 is 0.909 bits per heavy atom. The molecular weight excluding hydrogens is 272 g/mol. The van der Waals surface area contributed by atoms with Gasteiger partial charge in [0, 0.05) is 6.61 Å². The maximum Gasteiger partial charge on any atom is 0.0540 e. The molecule has 1 atom stereocenters. The van der Waals surface area contributed by atoms with E-state index >= 15 is 0 Å². The quantitative estimate of drug-likeness (QED) is 0.314. The predicted octanol–water partition coefficient (Wildman–Crippen LogP) is 5.81. The Kier molecular flexibility index (Phi) is 18.9. The third-order valence-electron chi connectivity index (χ3n) is 4.48. The molecule has 2 N–H and O–H groups in total. The SMILES string of the molecule is [CH2]CCCCCCCCC(O)CCCCCCCCCCO. The van der Waals surface area contributed by atoms with Crippen molar-refractivity contribution >= 4 is 0 Å². The number of aliphatic hydroxyl groups excluding tert-OH is 2. The van der Waals surface area contributed by atoms with Crippen LogP contribution in [-0.4, -0.2) is 22.9 Å². The van der Waals surface area contributed by atoms with Crippen molar-refractivity contribution in [2.24, 2.45) is 0 Å². The molecule has 2 nitrogen and oxygen atoms in total. The first-order valence-corrected chi connectivity index (χ1v) is 9.89. The van der Waals surface area contributed by atoms with Crippen LogP contribution < -0.4 is 0 Å². The van der Waals surface area contributed by atoms with Crippen molar-refractivity contribution in [3.8, 4) is 0 Å². The fraction of sp³-hybridized carbons (Fsp3) is 0.950. The van der Waals surface area contributed by atoms with Crippen LogP contribution >= 0.6 is 0 Å². The summed E-state index contributed by atoms with van der Waals surface area (Å²) in [6.45, 7) is 4.21. The maximum absolute atomic E-state index is 9.96. The van der Waals surface area contributed by atoms with Gasteiger partial charge in [0.25, 0.3) is 0 Å². The molecule has 22 heavy (non-hydrogen) atoms. The smallest absolute Gasteiger partial charge is 0.0540 e. The topological polar surface area (TPSA) is 40.5 Å². The van der Waals surface area contributed by atoms with Crippen molar-refractivity contribution < 1.29 is 10.2 Å². The lowest BCUT2D eigenvalue weighted by molar-refractivity contribution is 0.147. The van der Waals surface area contributed by atoms with Crippen molar-refractivity contribution in [1.29, 1.82) is 0 Å². The summed E-state index contributed by atoms with van der Waals surface area (Å²) in [5, 5.41) is 18.6. The van der Waals surface area contributed by atoms with E-state index in [1.54, 1.807) is 0 Å². The van der Waals surface area contributed by atoms with Gasteiger partial charge in [-0.05, 0) is 19.3 Å². The molecule has 0 aliphatic carbocycles. The van der Waals surface area contributed by atoms with Gasteiger partial charge in [-0.25, -0.2) is 0 Å². The highest BCUT2D eigenvalue weighted by Gasteiger charge is 2.03. The van der Waals surface area contributed by atoms with Gasteiger partial charge in [-0.3, -0.25) is 0 Å². The van der Waals surface area contributed by atoms with E-state index in [1.807, 2.05) is 0 Å². The molecule has 0 fully saturated rings. The molecule has 0 aromatic heterocycles. The second-order valence-corrected chi connectivity index (χ2v) is 6.76. The van der Waals surface area contributed by atoms with Crippen LogP contribution in [0, 0.1) is 6.92 Å². The third-order valence-corrected chi connectivity index (χ3v) is 4.48. The van der Waals surface area contributed by atoms with Crippen LogP contribution in [0.15, 0.2) is 0 Å². The Labute approximate surface area is 139 Å². The molecule has 0 saturated carbocycles. The van der Waals surface area contributed by atoms with Crippen LogP contribution in [0.5, 0.6) is 0 Å². The summed E-state index contributed by atoms with van der Waals surface area (Å²) in [4.78, 5) is 0. The Bertz CT molecular complexity index is 194. The molecule has 0 aliphatic heterocycles. The minimum atomic E-state index is -0.0654. The highest BCUT2D eigenvalue weighted by atomic mass is 16.3. The number of unbranched alkanes of at least 4 members (excludes halogenated alkanes) is 13. The summed E-state index contributed by atoms with van der Waals surface area (Å²) in [6, 6.07) is 0. The normalized spacial score (nSPS) is 12.7. The Balaban J connectivity index is 3.11. The molecule has 0 bridgehead atoms. The number of hydrogen-bond donors (Lipinski definition) is 2. The zero-order valence-electron chi connectivity index (χ0n) is 14.9. The number of hydrogen-bond acceptors (Lipinski definition) is 2. The summed E-state index contributed by atoms with van der Waals surface area (Å²) in [7, 11) is 0. The van der Waals surface area contributed by atoms with Crippen LogP contribution in [0.2, 0.25) is 0 Å². The lowest BCUT2D eigenvalue weighted by atomic mass is 10.0. The zero-order valence-corrected chi connectivity index (χ0v) is 14.9. The van der Waals surface area contributed by atoms with Gasteiger partial charge < -0.3 is 10.2 Å². The van der Waals surface area contributed by atoms with E-state index < -0.39 is 0 Å². The molecule has 1 unspecified atom stereocenters. The second kappa shape index (κ2) is 19.0. The van der Waals surface area contributed by atoms with Crippen LogP contribution in [0.4, 0.5) is 0 Å². The fourth-order valence-corrected chi connectivity index (χ4v) is 2.96. The van der Waals surface area contributed by atoms with Gasteiger partial charge in [0.05, 0.1) is 6.10 Å². The molecule has 133 valence electrons. The van der Waals surface area contributed by atoms with Gasteiger partial charge in [0.1, 0.15) is 0 Å². The lowest BCUT2D eigenvalue weighted by Gasteiger charge is -2.10. The van der Waals surface area contributed by atoms with Gasteiger partial charge in [-0.1, -0.05) is 96.8 Å². The van der Waals surface area contributed by atoms with E-state index in [9.17, 15) is 5.11 Å². The highest BCUT2D eigenvalue weighted by molar-refractivity contribution is 4.57. The molecular formula is C20H41O2. The monoisotopic (exact) mass is 313 g/mol. The van der Waals surface area contributed by atoms with Crippen LogP contribution in [0.3, 0.4) is 0 Å². The maximum atomic E-state index is 9.96. The van der Waals surface area contributed by atoms with E-state index in [2.05, 4.69) is 6.92 Å². The van der Waals surface area contributed by atoms with Crippen molar-refractivity contribution in [2.45, 2.75) is 115 Å². The predicted molar refractivity (Wildman–Crippen MR) is 96.9 cm³/mol. The minimum Gasteiger partial charge on any atom is -0.396 e.